The minimum absolute atomic E-state index is 0.0192. The molecule has 0 bridgehead atoms. The van der Waals surface area contributed by atoms with E-state index in [9.17, 15) is 14.4 Å². The summed E-state index contributed by atoms with van der Waals surface area (Å²) >= 11 is 0. The van der Waals surface area contributed by atoms with Gasteiger partial charge in [0.2, 0.25) is 11.8 Å². The minimum atomic E-state index is -0.643. The second-order valence-electron chi connectivity index (χ2n) is 8.61. The summed E-state index contributed by atoms with van der Waals surface area (Å²) in [7, 11) is 0. The molecule has 0 saturated carbocycles. The number of likely N-dealkylation sites (tertiary alicyclic amines) is 1. The van der Waals surface area contributed by atoms with Crippen LogP contribution in [0.4, 0.5) is 0 Å². The molecule has 2 aliphatic heterocycles. The van der Waals surface area contributed by atoms with Crippen LogP contribution in [0, 0.1) is 5.41 Å². The number of carbonyl (C=O) groups is 3. The van der Waals surface area contributed by atoms with Gasteiger partial charge in [0.25, 0.3) is 0 Å². The molecule has 3 rings (SSSR count). The van der Waals surface area contributed by atoms with Gasteiger partial charge >= 0.3 is 0 Å². The lowest BCUT2D eigenvalue weighted by atomic mass is 9.79. The second-order valence-corrected chi connectivity index (χ2v) is 8.61. The summed E-state index contributed by atoms with van der Waals surface area (Å²) in [5, 5.41) is 0. The summed E-state index contributed by atoms with van der Waals surface area (Å²) < 4.78 is 5.49. The lowest BCUT2D eigenvalue weighted by molar-refractivity contribution is -0.138. The number of ketones is 1. The van der Waals surface area contributed by atoms with Crippen LogP contribution in [-0.4, -0.2) is 53.8 Å². The number of ether oxygens (including phenoxy) is 1. The molecule has 0 spiro atoms. The number of benzene rings is 1. The van der Waals surface area contributed by atoms with Gasteiger partial charge in [0.1, 0.15) is 18.8 Å². The predicted octanol–water partition coefficient (Wildman–Crippen LogP) is 0.811. The van der Waals surface area contributed by atoms with E-state index in [1.54, 1.807) is 29.2 Å². The Labute approximate surface area is 159 Å². The van der Waals surface area contributed by atoms with Crippen LogP contribution in [0.15, 0.2) is 24.3 Å². The Balaban J connectivity index is 2.00. The molecule has 4 N–H and O–H groups in total. The van der Waals surface area contributed by atoms with Gasteiger partial charge in [0, 0.05) is 12.1 Å². The first-order valence-corrected chi connectivity index (χ1v) is 9.19. The van der Waals surface area contributed by atoms with Crippen molar-refractivity contribution in [2.75, 3.05) is 13.2 Å². The van der Waals surface area contributed by atoms with Crippen LogP contribution in [0.5, 0.6) is 0 Å². The first-order valence-electron chi connectivity index (χ1n) is 9.19. The Morgan fingerprint density at radius 3 is 2.59 bits per heavy atom. The maximum Gasteiger partial charge on any atom is 0.249 e. The first-order chi connectivity index (χ1) is 12.6. The Bertz CT molecular complexity index is 771. The SMILES string of the molecule is CC(C)(C)C[C@H](C(=O)N1C[C@@H](N)[C@H]2OCC(=O)[C@H]21)c1ccccc1C(N)=O. The maximum absolute atomic E-state index is 13.5. The highest BCUT2D eigenvalue weighted by molar-refractivity contribution is 5.98. The molecule has 2 amide bonds. The molecule has 0 unspecified atom stereocenters. The summed E-state index contributed by atoms with van der Waals surface area (Å²) in [5.41, 5.74) is 12.4. The van der Waals surface area contributed by atoms with Crippen LogP contribution in [0.1, 0.15) is 49.0 Å². The lowest BCUT2D eigenvalue weighted by Gasteiger charge is -2.31. The Kier molecular flexibility index (Phi) is 5.10. The highest BCUT2D eigenvalue weighted by Crippen LogP contribution is 2.37. The average molecular weight is 373 g/mol. The number of Topliss-reactive ketones (excluding diaryl/α,β-unsaturated/α-hetero) is 1. The molecular weight excluding hydrogens is 346 g/mol. The molecule has 2 fully saturated rings. The van der Waals surface area contributed by atoms with E-state index in [2.05, 4.69) is 0 Å². The summed E-state index contributed by atoms with van der Waals surface area (Å²) in [6.45, 7) is 6.33. The van der Waals surface area contributed by atoms with E-state index in [1.165, 1.54) is 0 Å². The quantitative estimate of drug-likeness (QED) is 0.810. The van der Waals surface area contributed by atoms with Crippen molar-refractivity contribution in [3.8, 4) is 0 Å². The zero-order valence-electron chi connectivity index (χ0n) is 16.0. The number of fused-ring (bicyclic) bond motifs is 1. The van der Waals surface area contributed by atoms with Crippen LogP contribution >= 0.6 is 0 Å². The standard InChI is InChI=1S/C20H27N3O4/c1-20(2,3)8-13(11-6-4-5-7-12(11)18(22)25)19(26)23-9-14(21)17-16(23)15(24)10-27-17/h4-7,13-14,16-17H,8-10,21H2,1-3H3,(H2,22,25)/t13-,14+,16+,17+/m0/s1. The van der Waals surface area contributed by atoms with Crippen LogP contribution in [-0.2, 0) is 14.3 Å². The smallest absolute Gasteiger partial charge is 0.249 e. The van der Waals surface area contributed by atoms with Crippen molar-refractivity contribution < 1.29 is 19.1 Å². The van der Waals surface area contributed by atoms with Crippen molar-refractivity contribution >= 4 is 17.6 Å². The Morgan fingerprint density at radius 2 is 1.96 bits per heavy atom. The normalized spacial score (nSPS) is 26.1. The van der Waals surface area contributed by atoms with Crippen LogP contribution in [0.3, 0.4) is 0 Å². The number of primary amides is 1. The molecule has 1 aromatic rings. The minimum Gasteiger partial charge on any atom is -0.366 e. The molecule has 2 heterocycles. The molecule has 27 heavy (non-hydrogen) atoms. The van der Waals surface area contributed by atoms with Gasteiger partial charge in [-0.15, -0.1) is 0 Å². The molecule has 0 aliphatic carbocycles. The van der Waals surface area contributed by atoms with E-state index >= 15 is 0 Å². The van der Waals surface area contributed by atoms with Crippen molar-refractivity contribution in [3.63, 3.8) is 0 Å². The zero-order chi connectivity index (χ0) is 19.9. The fourth-order valence-corrected chi connectivity index (χ4v) is 4.09. The van der Waals surface area contributed by atoms with Gasteiger partial charge in [-0.25, -0.2) is 0 Å². The topological polar surface area (TPSA) is 116 Å². The molecule has 4 atom stereocenters. The summed E-state index contributed by atoms with van der Waals surface area (Å²) in [5.74, 6) is -1.50. The Morgan fingerprint density at radius 1 is 1.30 bits per heavy atom. The number of nitrogens with zero attached hydrogens (tertiary/aromatic N) is 1. The highest BCUT2D eigenvalue weighted by Gasteiger charge is 2.52. The van der Waals surface area contributed by atoms with Crippen molar-refractivity contribution in [1.82, 2.24) is 4.90 Å². The van der Waals surface area contributed by atoms with Gasteiger partial charge in [0.05, 0.1) is 12.0 Å². The van der Waals surface area contributed by atoms with Gasteiger partial charge in [-0.2, -0.15) is 0 Å². The number of carbonyl (C=O) groups excluding carboxylic acids is 3. The maximum atomic E-state index is 13.5. The summed E-state index contributed by atoms with van der Waals surface area (Å²) in [4.78, 5) is 39.3. The lowest BCUT2D eigenvalue weighted by Crippen LogP contribution is -2.45. The van der Waals surface area contributed by atoms with E-state index in [4.69, 9.17) is 16.2 Å². The largest absolute Gasteiger partial charge is 0.366 e. The third-order valence-electron chi connectivity index (χ3n) is 5.22. The molecular formula is C20H27N3O4. The average Bonchev–Trinajstić information content (AvgIpc) is 3.13. The van der Waals surface area contributed by atoms with E-state index in [0.29, 0.717) is 17.5 Å². The molecule has 2 saturated heterocycles. The van der Waals surface area contributed by atoms with E-state index in [-0.39, 0.29) is 30.3 Å². The predicted molar refractivity (Wildman–Crippen MR) is 100.0 cm³/mol. The van der Waals surface area contributed by atoms with Crippen LogP contribution in [0.2, 0.25) is 0 Å². The van der Waals surface area contributed by atoms with Gasteiger partial charge in [0.15, 0.2) is 5.78 Å². The van der Waals surface area contributed by atoms with E-state index in [1.807, 2.05) is 20.8 Å². The monoisotopic (exact) mass is 373 g/mol. The first kappa shape index (κ1) is 19.5. The van der Waals surface area contributed by atoms with Gasteiger partial charge in [-0.1, -0.05) is 39.0 Å². The zero-order valence-corrected chi connectivity index (χ0v) is 16.0. The Hall–Kier alpha value is -2.25. The van der Waals surface area contributed by atoms with Crippen LogP contribution in [0.25, 0.3) is 0 Å². The van der Waals surface area contributed by atoms with Crippen molar-refractivity contribution in [3.05, 3.63) is 35.4 Å². The number of nitrogens with two attached hydrogens (primary N) is 2. The van der Waals surface area contributed by atoms with Crippen molar-refractivity contribution in [1.29, 1.82) is 0 Å². The molecule has 2 aliphatic rings. The second kappa shape index (κ2) is 7.05. The van der Waals surface area contributed by atoms with Gasteiger partial charge in [-0.05, 0) is 23.5 Å². The molecule has 146 valence electrons. The summed E-state index contributed by atoms with van der Waals surface area (Å²) in [6, 6.07) is 5.85. The fourth-order valence-electron chi connectivity index (χ4n) is 4.09. The fraction of sp³-hybridized carbons (Fsp3) is 0.550. The number of hydrogen-bond donors (Lipinski definition) is 2. The highest BCUT2D eigenvalue weighted by atomic mass is 16.5. The van der Waals surface area contributed by atoms with E-state index in [0.717, 1.165) is 0 Å². The third kappa shape index (κ3) is 3.75. The van der Waals surface area contributed by atoms with Crippen molar-refractivity contribution in [2.45, 2.75) is 51.3 Å². The third-order valence-corrected chi connectivity index (χ3v) is 5.22. The molecule has 1 aromatic carbocycles. The number of amides is 2. The van der Waals surface area contributed by atoms with Gasteiger partial charge in [-0.3, -0.25) is 14.4 Å². The van der Waals surface area contributed by atoms with Crippen LogP contribution < -0.4 is 11.5 Å². The molecule has 0 radical (unpaired) electrons. The van der Waals surface area contributed by atoms with Gasteiger partial charge < -0.3 is 21.1 Å². The molecule has 7 heteroatoms. The summed E-state index contributed by atoms with van der Waals surface area (Å²) in [6.07, 6.45) is 0.0528. The number of hydrogen-bond acceptors (Lipinski definition) is 5. The number of rotatable bonds is 4. The molecule has 0 aromatic heterocycles. The molecule has 7 nitrogen and oxygen atoms in total. The van der Waals surface area contributed by atoms with E-state index < -0.39 is 30.0 Å². The van der Waals surface area contributed by atoms with Crippen molar-refractivity contribution in [2.24, 2.45) is 16.9 Å².